The molecule has 0 bridgehead atoms. The van der Waals surface area contributed by atoms with Gasteiger partial charge in [-0.15, -0.1) is 13.2 Å². The summed E-state index contributed by atoms with van der Waals surface area (Å²) in [4.78, 5) is 2.38. The van der Waals surface area contributed by atoms with Crippen LogP contribution in [0.4, 0.5) is 13.2 Å². The Morgan fingerprint density at radius 3 is 2.57 bits per heavy atom. The molecule has 2 aliphatic rings. The normalized spacial score (nSPS) is 20.5. The van der Waals surface area contributed by atoms with Gasteiger partial charge in [-0.1, -0.05) is 0 Å². The lowest BCUT2D eigenvalue weighted by molar-refractivity contribution is -0.274. The molecular formula is C16H17F3N2O2. The van der Waals surface area contributed by atoms with Crippen LogP contribution in [0.25, 0.3) is 10.9 Å². The van der Waals surface area contributed by atoms with Crippen LogP contribution in [0.3, 0.4) is 0 Å². The van der Waals surface area contributed by atoms with Gasteiger partial charge >= 0.3 is 6.36 Å². The number of fused-ring (bicyclic) bond motifs is 1. The fourth-order valence-corrected chi connectivity index (χ4v) is 3.45. The highest BCUT2D eigenvalue weighted by Crippen LogP contribution is 2.37. The van der Waals surface area contributed by atoms with E-state index in [1.54, 1.807) is 6.07 Å². The van der Waals surface area contributed by atoms with Crippen molar-refractivity contribution in [2.24, 2.45) is 5.41 Å². The zero-order valence-electron chi connectivity index (χ0n) is 12.5. The van der Waals surface area contributed by atoms with Gasteiger partial charge in [0.2, 0.25) is 0 Å². The minimum atomic E-state index is -4.66. The van der Waals surface area contributed by atoms with Crippen molar-refractivity contribution in [2.45, 2.75) is 12.9 Å². The molecule has 2 fully saturated rings. The summed E-state index contributed by atoms with van der Waals surface area (Å²) in [7, 11) is 0. The second-order valence-corrected chi connectivity index (χ2v) is 6.48. The quantitative estimate of drug-likeness (QED) is 0.864. The Labute approximate surface area is 131 Å². The monoisotopic (exact) mass is 326 g/mol. The third-order valence-electron chi connectivity index (χ3n) is 4.57. The summed E-state index contributed by atoms with van der Waals surface area (Å²) in [5.74, 6) is -0.183. The summed E-state index contributed by atoms with van der Waals surface area (Å²) in [6.45, 7) is 5.66. The Bertz CT molecular complexity index is 714. The number of nitrogens with zero attached hydrogens (tertiary/aromatic N) is 2. The number of ether oxygens (including phenoxy) is 2. The fourth-order valence-electron chi connectivity index (χ4n) is 3.45. The number of likely N-dealkylation sites (tertiary alicyclic amines) is 1. The van der Waals surface area contributed by atoms with E-state index in [-0.39, 0.29) is 5.75 Å². The molecule has 0 unspecified atom stereocenters. The van der Waals surface area contributed by atoms with Crippen LogP contribution in [-0.2, 0) is 11.3 Å². The molecule has 4 rings (SSSR count). The highest BCUT2D eigenvalue weighted by molar-refractivity contribution is 5.81. The van der Waals surface area contributed by atoms with E-state index in [2.05, 4.69) is 14.2 Å². The van der Waals surface area contributed by atoms with Crippen LogP contribution in [0.15, 0.2) is 30.5 Å². The predicted molar refractivity (Wildman–Crippen MR) is 78.3 cm³/mol. The van der Waals surface area contributed by atoms with Crippen LogP contribution in [0.5, 0.6) is 5.75 Å². The van der Waals surface area contributed by atoms with E-state index in [1.807, 2.05) is 12.3 Å². The summed E-state index contributed by atoms with van der Waals surface area (Å²) < 4.78 is 48.0. The van der Waals surface area contributed by atoms with Crippen molar-refractivity contribution in [3.8, 4) is 5.75 Å². The molecule has 1 spiro atoms. The first-order valence-corrected chi connectivity index (χ1v) is 7.57. The van der Waals surface area contributed by atoms with Crippen LogP contribution in [0.1, 0.15) is 0 Å². The summed E-state index contributed by atoms with van der Waals surface area (Å²) in [5.41, 5.74) is 1.32. The molecule has 0 amide bonds. The average Bonchev–Trinajstić information content (AvgIpc) is 2.75. The van der Waals surface area contributed by atoms with Crippen molar-refractivity contribution in [2.75, 3.05) is 32.8 Å². The molecule has 0 atom stereocenters. The maximum absolute atomic E-state index is 12.3. The molecule has 7 heteroatoms. The van der Waals surface area contributed by atoms with Gasteiger partial charge < -0.3 is 18.9 Å². The molecule has 1 aromatic carbocycles. The molecule has 124 valence electrons. The van der Waals surface area contributed by atoms with Crippen LogP contribution in [0.2, 0.25) is 0 Å². The van der Waals surface area contributed by atoms with Gasteiger partial charge in [-0.3, -0.25) is 0 Å². The summed E-state index contributed by atoms with van der Waals surface area (Å²) in [6.07, 6.45) is -2.75. The largest absolute Gasteiger partial charge is 0.573 e. The maximum Gasteiger partial charge on any atom is 0.573 e. The van der Waals surface area contributed by atoms with Crippen LogP contribution in [-0.4, -0.2) is 48.7 Å². The van der Waals surface area contributed by atoms with E-state index in [1.165, 1.54) is 12.1 Å². The van der Waals surface area contributed by atoms with Gasteiger partial charge in [-0.25, -0.2) is 0 Å². The number of aromatic nitrogens is 1. The summed E-state index contributed by atoms with van der Waals surface area (Å²) in [5, 5.41) is 0.749. The van der Waals surface area contributed by atoms with Crippen molar-refractivity contribution in [1.82, 2.24) is 9.47 Å². The number of hydrogen-bond acceptors (Lipinski definition) is 3. The molecule has 2 aromatic rings. The van der Waals surface area contributed by atoms with Gasteiger partial charge in [-0.2, -0.15) is 0 Å². The molecule has 0 N–H and O–H groups in total. The van der Waals surface area contributed by atoms with Crippen LogP contribution in [0, 0.1) is 5.41 Å². The molecule has 0 saturated carbocycles. The standard InChI is InChI=1S/C16H17F3N2O2/c17-16(18,19)23-13-1-2-14-12(7-13)3-4-21(14)6-5-20-8-15(9-20)10-22-11-15/h1-4,7H,5-6,8-11H2. The molecule has 3 heterocycles. The van der Waals surface area contributed by atoms with E-state index in [0.29, 0.717) is 5.41 Å². The molecular weight excluding hydrogens is 309 g/mol. The number of benzene rings is 1. The Hall–Kier alpha value is -1.73. The molecule has 4 nitrogen and oxygen atoms in total. The van der Waals surface area contributed by atoms with E-state index < -0.39 is 6.36 Å². The average molecular weight is 326 g/mol. The smallest absolute Gasteiger partial charge is 0.406 e. The Kier molecular flexibility index (Phi) is 3.32. The molecule has 0 aliphatic carbocycles. The van der Waals surface area contributed by atoms with Crippen LogP contribution >= 0.6 is 0 Å². The third-order valence-corrected chi connectivity index (χ3v) is 4.57. The SMILES string of the molecule is FC(F)(F)Oc1ccc2c(ccn2CCN2CC3(COC3)C2)c1. The minimum Gasteiger partial charge on any atom is -0.406 e. The minimum absolute atomic E-state index is 0.183. The Balaban J connectivity index is 1.40. The van der Waals surface area contributed by atoms with Crippen molar-refractivity contribution in [3.05, 3.63) is 30.5 Å². The first-order valence-electron chi connectivity index (χ1n) is 7.57. The van der Waals surface area contributed by atoms with Gasteiger partial charge in [0.1, 0.15) is 5.75 Å². The molecule has 2 aliphatic heterocycles. The van der Waals surface area contributed by atoms with Crippen molar-refractivity contribution in [3.63, 3.8) is 0 Å². The molecule has 1 aromatic heterocycles. The Morgan fingerprint density at radius 2 is 1.91 bits per heavy atom. The number of rotatable bonds is 4. The maximum atomic E-state index is 12.3. The molecule has 2 saturated heterocycles. The summed E-state index contributed by atoms with van der Waals surface area (Å²) in [6, 6.07) is 6.27. The lowest BCUT2D eigenvalue weighted by Gasteiger charge is -2.55. The summed E-state index contributed by atoms with van der Waals surface area (Å²) >= 11 is 0. The number of halogens is 3. The lowest BCUT2D eigenvalue weighted by Crippen LogP contribution is -2.66. The highest BCUT2D eigenvalue weighted by atomic mass is 19.4. The zero-order chi connectivity index (χ0) is 16.1. The first-order chi connectivity index (χ1) is 10.9. The number of hydrogen-bond donors (Lipinski definition) is 0. The molecule has 23 heavy (non-hydrogen) atoms. The van der Waals surface area contributed by atoms with Crippen LogP contribution < -0.4 is 4.74 Å². The molecule has 0 radical (unpaired) electrons. The zero-order valence-corrected chi connectivity index (χ0v) is 12.5. The Morgan fingerprint density at radius 1 is 1.13 bits per heavy atom. The third kappa shape index (κ3) is 2.90. The topological polar surface area (TPSA) is 26.6 Å². The van der Waals surface area contributed by atoms with Crippen molar-refractivity contribution < 1.29 is 22.6 Å². The van der Waals surface area contributed by atoms with Gasteiger partial charge in [0.05, 0.1) is 13.2 Å². The van der Waals surface area contributed by atoms with E-state index in [9.17, 15) is 13.2 Å². The van der Waals surface area contributed by atoms with Gasteiger partial charge in [0, 0.05) is 48.7 Å². The second-order valence-electron chi connectivity index (χ2n) is 6.48. The van der Waals surface area contributed by atoms with E-state index in [0.717, 1.165) is 50.3 Å². The van der Waals surface area contributed by atoms with Gasteiger partial charge in [0.15, 0.2) is 0 Å². The van der Waals surface area contributed by atoms with Gasteiger partial charge in [0.25, 0.3) is 0 Å². The fraction of sp³-hybridized carbons (Fsp3) is 0.500. The van der Waals surface area contributed by atoms with Crippen molar-refractivity contribution >= 4 is 10.9 Å². The van der Waals surface area contributed by atoms with E-state index in [4.69, 9.17) is 4.74 Å². The first kappa shape index (κ1) is 14.8. The highest BCUT2D eigenvalue weighted by Gasteiger charge is 2.48. The van der Waals surface area contributed by atoms with Gasteiger partial charge in [-0.05, 0) is 24.3 Å². The number of alkyl halides is 3. The van der Waals surface area contributed by atoms with Crippen molar-refractivity contribution in [1.29, 1.82) is 0 Å². The van der Waals surface area contributed by atoms with E-state index >= 15 is 0 Å². The second kappa shape index (κ2) is 5.14. The predicted octanol–water partition coefficient (Wildman–Crippen LogP) is 2.87. The lowest BCUT2D eigenvalue weighted by atomic mass is 9.78.